The summed E-state index contributed by atoms with van der Waals surface area (Å²) in [5.74, 6) is 0.655. The lowest BCUT2D eigenvalue weighted by atomic mass is 10.1. The Morgan fingerprint density at radius 3 is 2.67 bits per heavy atom. The number of hydrogen-bond acceptors (Lipinski definition) is 4. The summed E-state index contributed by atoms with van der Waals surface area (Å²) in [5.41, 5.74) is 4.53. The van der Waals surface area contributed by atoms with E-state index in [2.05, 4.69) is 24.3 Å². The van der Waals surface area contributed by atoms with Crippen molar-refractivity contribution in [1.82, 2.24) is 15.1 Å². The molecule has 2 N–H and O–H groups in total. The number of phenols is 1. The highest BCUT2D eigenvalue weighted by molar-refractivity contribution is 5.42. The third kappa shape index (κ3) is 3.19. The Bertz CT molecular complexity index is 635. The van der Waals surface area contributed by atoms with E-state index in [1.54, 1.807) is 13.2 Å². The molecule has 0 radical (unpaired) electrons. The van der Waals surface area contributed by atoms with Gasteiger partial charge in [-0.15, -0.1) is 0 Å². The van der Waals surface area contributed by atoms with E-state index >= 15 is 0 Å². The van der Waals surface area contributed by atoms with Gasteiger partial charge >= 0.3 is 0 Å². The standard InChI is InChI=1S/C16H23N3O2/c1-10(13-6-7-15(20)16(8-13)21-5)17-9-14-11(2)18-19(4)12(14)3/h6-8,10,17,20H,9H2,1-5H3. The minimum Gasteiger partial charge on any atom is -0.504 e. The van der Waals surface area contributed by atoms with E-state index in [1.807, 2.05) is 30.8 Å². The van der Waals surface area contributed by atoms with Crippen LogP contribution in [0.4, 0.5) is 0 Å². The number of nitrogens with zero attached hydrogens (tertiary/aromatic N) is 2. The zero-order valence-electron chi connectivity index (χ0n) is 13.3. The molecule has 2 aromatic rings. The highest BCUT2D eigenvalue weighted by Gasteiger charge is 2.12. The van der Waals surface area contributed by atoms with Crippen LogP contribution in [-0.4, -0.2) is 22.0 Å². The number of methoxy groups -OCH3 is 1. The van der Waals surface area contributed by atoms with E-state index in [9.17, 15) is 5.11 Å². The Hall–Kier alpha value is -2.01. The van der Waals surface area contributed by atoms with Crippen LogP contribution in [0, 0.1) is 13.8 Å². The van der Waals surface area contributed by atoms with Crippen molar-refractivity contribution in [3.05, 3.63) is 40.7 Å². The second-order valence-corrected chi connectivity index (χ2v) is 5.31. The van der Waals surface area contributed by atoms with Crippen molar-refractivity contribution in [2.75, 3.05) is 7.11 Å². The summed E-state index contributed by atoms with van der Waals surface area (Å²) in [6.07, 6.45) is 0. The molecule has 0 aliphatic rings. The quantitative estimate of drug-likeness (QED) is 0.888. The minimum absolute atomic E-state index is 0.151. The van der Waals surface area contributed by atoms with E-state index in [-0.39, 0.29) is 11.8 Å². The molecule has 0 spiro atoms. The molecule has 0 saturated heterocycles. The van der Waals surface area contributed by atoms with Crippen molar-refractivity contribution in [3.63, 3.8) is 0 Å². The number of benzene rings is 1. The second-order valence-electron chi connectivity index (χ2n) is 5.31. The molecule has 1 aromatic carbocycles. The summed E-state index contributed by atoms with van der Waals surface area (Å²) >= 11 is 0. The molecule has 2 rings (SSSR count). The van der Waals surface area contributed by atoms with Crippen molar-refractivity contribution in [2.24, 2.45) is 7.05 Å². The van der Waals surface area contributed by atoms with Gasteiger partial charge < -0.3 is 15.2 Å². The molecular weight excluding hydrogens is 266 g/mol. The SMILES string of the molecule is COc1cc(C(C)NCc2c(C)nn(C)c2C)ccc1O. The zero-order valence-corrected chi connectivity index (χ0v) is 13.3. The fourth-order valence-corrected chi connectivity index (χ4v) is 2.41. The van der Waals surface area contributed by atoms with E-state index in [0.717, 1.165) is 17.8 Å². The Kier molecular flexibility index (Phi) is 4.53. The van der Waals surface area contributed by atoms with Gasteiger partial charge in [0.25, 0.3) is 0 Å². The maximum absolute atomic E-state index is 9.64. The topological polar surface area (TPSA) is 59.3 Å². The molecule has 1 aromatic heterocycles. The maximum atomic E-state index is 9.64. The van der Waals surface area contributed by atoms with Crippen molar-refractivity contribution in [3.8, 4) is 11.5 Å². The Morgan fingerprint density at radius 1 is 1.38 bits per heavy atom. The van der Waals surface area contributed by atoms with Gasteiger partial charge in [0.1, 0.15) is 0 Å². The van der Waals surface area contributed by atoms with Crippen LogP contribution in [0.15, 0.2) is 18.2 Å². The molecule has 0 amide bonds. The van der Waals surface area contributed by atoms with Crippen molar-refractivity contribution >= 4 is 0 Å². The van der Waals surface area contributed by atoms with Crippen LogP contribution in [0.3, 0.4) is 0 Å². The van der Waals surface area contributed by atoms with E-state index in [4.69, 9.17) is 4.74 Å². The Labute approximate surface area is 125 Å². The number of aromatic nitrogens is 2. The first-order chi connectivity index (χ1) is 9.93. The van der Waals surface area contributed by atoms with E-state index in [1.165, 1.54) is 11.3 Å². The third-order valence-corrected chi connectivity index (χ3v) is 3.95. The molecule has 5 nitrogen and oxygen atoms in total. The minimum atomic E-state index is 0.151. The lowest BCUT2D eigenvalue weighted by Crippen LogP contribution is -2.19. The highest BCUT2D eigenvalue weighted by Crippen LogP contribution is 2.29. The Morgan fingerprint density at radius 2 is 2.10 bits per heavy atom. The summed E-state index contributed by atoms with van der Waals surface area (Å²) in [4.78, 5) is 0. The van der Waals surface area contributed by atoms with Crippen molar-refractivity contribution in [2.45, 2.75) is 33.4 Å². The fraction of sp³-hybridized carbons (Fsp3) is 0.438. The molecule has 1 unspecified atom stereocenters. The van der Waals surface area contributed by atoms with Gasteiger partial charge in [0.05, 0.1) is 12.8 Å². The van der Waals surface area contributed by atoms with E-state index in [0.29, 0.717) is 5.75 Å². The molecule has 0 bridgehead atoms. The maximum Gasteiger partial charge on any atom is 0.160 e. The van der Waals surface area contributed by atoms with Gasteiger partial charge in [-0.25, -0.2) is 0 Å². The first-order valence-corrected chi connectivity index (χ1v) is 7.03. The molecule has 114 valence electrons. The number of hydrogen-bond donors (Lipinski definition) is 2. The smallest absolute Gasteiger partial charge is 0.160 e. The molecule has 5 heteroatoms. The molecule has 1 atom stereocenters. The number of nitrogens with one attached hydrogen (secondary N) is 1. The Balaban J connectivity index is 2.09. The number of aromatic hydroxyl groups is 1. The molecule has 21 heavy (non-hydrogen) atoms. The van der Waals surface area contributed by atoms with Gasteiger partial charge in [0, 0.05) is 30.9 Å². The van der Waals surface area contributed by atoms with Gasteiger partial charge in [-0.3, -0.25) is 4.68 Å². The normalized spacial score (nSPS) is 12.4. The molecular formula is C16H23N3O2. The first kappa shape index (κ1) is 15.4. The zero-order chi connectivity index (χ0) is 15.6. The van der Waals surface area contributed by atoms with Crippen molar-refractivity contribution in [1.29, 1.82) is 0 Å². The fourth-order valence-electron chi connectivity index (χ4n) is 2.41. The van der Waals surface area contributed by atoms with Gasteiger partial charge in [0.15, 0.2) is 11.5 Å². The summed E-state index contributed by atoms with van der Waals surface area (Å²) in [5, 5.41) is 17.6. The van der Waals surface area contributed by atoms with Gasteiger partial charge in [-0.05, 0) is 38.5 Å². The summed E-state index contributed by atoms with van der Waals surface area (Å²) < 4.78 is 7.05. The van der Waals surface area contributed by atoms with Crippen LogP contribution >= 0.6 is 0 Å². The van der Waals surface area contributed by atoms with Gasteiger partial charge in [-0.1, -0.05) is 6.07 Å². The van der Waals surface area contributed by atoms with E-state index < -0.39 is 0 Å². The number of aryl methyl sites for hydroxylation is 2. The molecule has 0 aliphatic carbocycles. The summed E-state index contributed by atoms with van der Waals surface area (Å²) in [6, 6.07) is 5.57. The third-order valence-electron chi connectivity index (χ3n) is 3.95. The second kappa shape index (κ2) is 6.18. The number of rotatable bonds is 5. The van der Waals surface area contributed by atoms with Crippen LogP contribution in [-0.2, 0) is 13.6 Å². The van der Waals surface area contributed by atoms with Crippen LogP contribution in [0.1, 0.15) is 35.5 Å². The number of phenolic OH excluding ortho intramolecular Hbond substituents is 1. The predicted octanol–water partition coefficient (Wildman–Crippen LogP) is 2.60. The number of ether oxygens (including phenoxy) is 1. The van der Waals surface area contributed by atoms with Gasteiger partial charge in [-0.2, -0.15) is 5.10 Å². The molecule has 0 saturated carbocycles. The van der Waals surface area contributed by atoms with Crippen LogP contribution in [0.5, 0.6) is 11.5 Å². The summed E-state index contributed by atoms with van der Waals surface area (Å²) in [7, 11) is 3.51. The van der Waals surface area contributed by atoms with Crippen LogP contribution in [0.25, 0.3) is 0 Å². The van der Waals surface area contributed by atoms with Crippen LogP contribution < -0.4 is 10.1 Å². The predicted molar refractivity (Wildman–Crippen MR) is 82.6 cm³/mol. The lowest BCUT2D eigenvalue weighted by Gasteiger charge is -2.16. The summed E-state index contributed by atoms with van der Waals surface area (Å²) in [6.45, 7) is 6.95. The lowest BCUT2D eigenvalue weighted by molar-refractivity contribution is 0.372. The largest absolute Gasteiger partial charge is 0.504 e. The monoisotopic (exact) mass is 289 g/mol. The van der Waals surface area contributed by atoms with Gasteiger partial charge in [0.2, 0.25) is 0 Å². The van der Waals surface area contributed by atoms with Crippen molar-refractivity contribution < 1.29 is 9.84 Å². The molecule has 1 heterocycles. The molecule has 0 aliphatic heterocycles. The average molecular weight is 289 g/mol. The molecule has 0 fully saturated rings. The first-order valence-electron chi connectivity index (χ1n) is 7.03. The highest BCUT2D eigenvalue weighted by atomic mass is 16.5. The van der Waals surface area contributed by atoms with Crippen LogP contribution in [0.2, 0.25) is 0 Å². The average Bonchev–Trinajstić information content (AvgIpc) is 2.70.